The van der Waals surface area contributed by atoms with Gasteiger partial charge in [-0.15, -0.1) is 5.10 Å². The molecule has 1 aromatic carbocycles. The number of aliphatic hydroxyl groups excluding tert-OH is 1. The number of hydrogen-bond donors (Lipinski definition) is 1. The van der Waals surface area contributed by atoms with Gasteiger partial charge in [0.05, 0.1) is 6.20 Å². The number of rotatable bonds is 2. The van der Waals surface area contributed by atoms with Crippen LogP contribution >= 0.6 is 0 Å². The average Bonchev–Trinajstić information content (AvgIpc) is 2.95. The van der Waals surface area contributed by atoms with Crippen molar-refractivity contribution in [3.05, 3.63) is 35.8 Å². The molecule has 1 aliphatic rings. The molecular formula is C13H12F3N3O2. The lowest BCUT2D eigenvalue weighted by Crippen LogP contribution is -2.31. The molecule has 1 fully saturated rings. The third-order valence-electron chi connectivity index (χ3n) is 3.34. The molecule has 0 radical (unpaired) electrons. The second-order valence-electron chi connectivity index (χ2n) is 4.78. The van der Waals surface area contributed by atoms with Crippen molar-refractivity contribution in [3.63, 3.8) is 0 Å². The molecule has 0 bridgehead atoms. The van der Waals surface area contributed by atoms with Gasteiger partial charge >= 0.3 is 0 Å². The molecule has 2 aromatic rings. The maximum absolute atomic E-state index is 13.7. The smallest absolute Gasteiger partial charge is 0.195 e. The molecule has 8 heteroatoms. The van der Waals surface area contributed by atoms with Gasteiger partial charge in [0.1, 0.15) is 11.8 Å². The van der Waals surface area contributed by atoms with Crippen molar-refractivity contribution < 1.29 is 23.0 Å². The summed E-state index contributed by atoms with van der Waals surface area (Å²) in [5.74, 6) is -4.15. The van der Waals surface area contributed by atoms with Crippen LogP contribution in [0.25, 0.3) is 11.3 Å². The number of nitrogens with zero attached hydrogens (tertiary/aromatic N) is 3. The zero-order valence-corrected chi connectivity index (χ0v) is 10.8. The highest BCUT2D eigenvalue weighted by Crippen LogP contribution is 2.27. The summed E-state index contributed by atoms with van der Waals surface area (Å²) in [7, 11) is 0. The minimum Gasteiger partial charge on any atom is -0.388 e. The molecule has 5 nitrogen and oxygen atoms in total. The van der Waals surface area contributed by atoms with E-state index in [0.29, 0.717) is 13.0 Å². The first-order chi connectivity index (χ1) is 10.1. The van der Waals surface area contributed by atoms with Gasteiger partial charge in [-0.1, -0.05) is 5.21 Å². The SMILES string of the molecule is OC1CCCOC1n1cc(-c2ccc(F)c(F)c2F)nn1. The van der Waals surface area contributed by atoms with E-state index in [0.717, 1.165) is 18.6 Å². The van der Waals surface area contributed by atoms with Gasteiger partial charge in [0.2, 0.25) is 0 Å². The molecule has 2 heterocycles. The van der Waals surface area contributed by atoms with Gasteiger partial charge in [0.15, 0.2) is 23.7 Å². The van der Waals surface area contributed by atoms with Crippen LogP contribution in [0, 0.1) is 17.5 Å². The normalized spacial score (nSPS) is 22.5. The molecule has 0 saturated carbocycles. The lowest BCUT2D eigenvalue weighted by molar-refractivity contribution is -0.120. The fourth-order valence-corrected chi connectivity index (χ4v) is 2.25. The second-order valence-corrected chi connectivity index (χ2v) is 4.78. The van der Waals surface area contributed by atoms with Crippen LogP contribution in [0.3, 0.4) is 0 Å². The Labute approximate surface area is 118 Å². The summed E-state index contributed by atoms with van der Waals surface area (Å²) < 4.78 is 46.5. The van der Waals surface area contributed by atoms with Gasteiger partial charge in [-0.25, -0.2) is 17.9 Å². The maximum atomic E-state index is 13.7. The van der Waals surface area contributed by atoms with Crippen LogP contribution in [0.5, 0.6) is 0 Å². The van der Waals surface area contributed by atoms with E-state index < -0.39 is 29.8 Å². The third-order valence-corrected chi connectivity index (χ3v) is 3.34. The van der Waals surface area contributed by atoms with Gasteiger partial charge in [-0.05, 0) is 25.0 Å². The van der Waals surface area contributed by atoms with E-state index in [4.69, 9.17) is 4.74 Å². The quantitative estimate of drug-likeness (QED) is 0.862. The van der Waals surface area contributed by atoms with Gasteiger partial charge < -0.3 is 9.84 Å². The minimum absolute atomic E-state index is 0.0350. The highest BCUT2D eigenvalue weighted by Gasteiger charge is 2.27. The van der Waals surface area contributed by atoms with E-state index in [9.17, 15) is 18.3 Å². The Hall–Kier alpha value is -1.93. The van der Waals surface area contributed by atoms with Crippen molar-refractivity contribution >= 4 is 0 Å². The number of hydrogen-bond acceptors (Lipinski definition) is 4. The molecule has 1 aliphatic heterocycles. The Morgan fingerprint density at radius 3 is 2.81 bits per heavy atom. The van der Waals surface area contributed by atoms with Crippen LogP contribution in [0.2, 0.25) is 0 Å². The molecule has 0 amide bonds. The summed E-state index contributed by atoms with van der Waals surface area (Å²) in [4.78, 5) is 0. The number of aromatic nitrogens is 3. The fourth-order valence-electron chi connectivity index (χ4n) is 2.25. The van der Waals surface area contributed by atoms with E-state index >= 15 is 0 Å². The van der Waals surface area contributed by atoms with Gasteiger partial charge in [0.25, 0.3) is 0 Å². The standard InChI is InChI=1S/C13H12F3N3O2/c14-8-4-3-7(11(15)12(8)16)9-6-19(18-17-9)13-10(20)2-1-5-21-13/h3-4,6,10,13,20H,1-2,5H2. The van der Waals surface area contributed by atoms with Gasteiger partial charge in [0, 0.05) is 12.2 Å². The van der Waals surface area contributed by atoms with Gasteiger partial charge in [-0.3, -0.25) is 0 Å². The summed E-state index contributed by atoms with van der Waals surface area (Å²) in [6, 6.07) is 1.90. The van der Waals surface area contributed by atoms with Crippen molar-refractivity contribution in [3.8, 4) is 11.3 Å². The van der Waals surface area contributed by atoms with Gasteiger partial charge in [-0.2, -0.15) is 0 Å². The second kappa shape index (κ2) is 5.45. The molecule has 1 N–H and O–H groups in total. The summed E-state index contributed by atoms with van der Waals surface area (Å²) in [5.41, 5.74) is -0.168. The predicted molar refractivity (Wildman–Crippen MR) is 65.6 cm³/mol. The van der Waals surface area contributed by atoms with E-state index in [2.05, 4.69) is 10.3 Å². The summed E-state index contributed by atoms with van der Waals surface area (Å²) in [6.45, 7) is 0.469. The van der Waals surface area contributed by atoms with Crippen molar-refractivity contribution in [2.75, 3.05) is 6.61 Å². The monoisotopic (exact) mass is 299 g/mol. The maximum Gasteiger partial charge on any atom is 0.195 e. The Morgan fingerprint density at radius 2 is 2.05 bits per heavy atom. The molecule has 2 unspecified atom stereocenters. The molecule has 21 heavy (non-hydrogen) atoms. The summed E-state index contributed by atoms with van der Waals surface area (Å²) >= 11 is 0. The first-order valence-corrected chi connectivity index (χ1v) is 6.43. The zero-order chi connectivity index (χ0) is 15.0. The van der Waals surface area contributed by atoms with Crippen LogP contribution in [-0.2, 0) is 4.74 Å². The molecule has 1 saturated heterocycles. The molecular weight excluding hydrogens is 287 g/mol. The van der Waals surface area contributed by atoms with E-state index in [1.807, 2.05) is 0 Å². The average molecular weight is 299 g/mol. The number of benzene rings is 1. The van der Waals surface area contributed by atoms with Crippen molar-refractivity contribution in [1.82, 2.24) is 15.0 Å². The fraction of sp³-hybridized carbons (Fsp3) is 0.385. The van der Waals surface area contributed by atoms with E-state index in [-0.39, 0.29) is 11.3 Å². The summed E-state index contributed by atoms with van der Waals surface area (Å²) in [5, 5.41) is 17.3. The highest BCUT2D eigenvalue weighted by atomic mass is 19.2. The van der Waals surface area contributed by atoms with E-state index in [1.54, 1.807) is 0 Å². The van der Waals surface area contributed by atoms with Crippen LogP contribution in [0.15, 0.2) is 18.3 Å². The van der Waals surface area contributed by atoms with Crippen LogP contribution in [-0.4, -0.2) is 32.8 Å². The van der Waals surface area contributed by atoms with Crippen molar-refractivity contribution in [1.29, 1.82) is 0 Å². The van der Waals surface area contributed by atoms with Crippen molar-refractivity contribution in [2.45, 2.75) is 25.2 Å². The molecule has 0 aliphatic carbocycles. The number of halogens is 3. The molecule has 1 aromatic heterocycles. The Bertz CT molecular complexity index is 662. The molecule has 3 rings (SSSR count). The molecule has 2 atom stereocenters. The molecule has 0 spiro atoms. The Morgan fingerprint density at radius 1 is 1.24 bits per heavy atom. The number of aliphatic hydroxyl groups is 1. The topological polar surface area (TPSA) is 60.2 Å². The lowest BCUT2D eigenvalue weighted by atomic mass is 10.1. The molecule has 112 valence electrons. The number of ether oxygens (including phenoxy) is 1. The van der Waals surface area contributed by atoms with Crippen molar-refractivity contribution in [2.24, 2.45) is 0 Å². The predicted octanol–water partition coefficient (Wildman–Crippen LogP) is 2.03. The zero-order valence-electron chi connectivity index (χ0n) is 10.8. The minimum atomic E-state index is -1.56. The Balaban J connectivity index is 1.93. The van der Waals surface area contributed by atoms with E-state index in [1.165, 1.54) is 10.9 Å². The highest BCUT2D eigenvalue weighted by molar-refractivity contribution is 5.58. The van der Waals surface area contributed by atoms with Crippen LogP contribution in [0.1, 0.15) is 19.1 Å². The largest absolute Gasteiger partial charge is 0.388 e. The first-order valence-electron chi connectivity index (χ1n) is 6.43. The lowest BCUT2D eigenvalue weighted by Gasteiger charge is -2.27. The van der Waals surface area contributed by atoms with Crippen LogP contribution < -0.4 is 0 Å². The first kappa shape index (κ1) is 14.0. The summed E-state index contributed by atoms with van der Waals surface area (Å²) in [6.07, 6.45) is 1.15. The third kappa shape index (κ3) is 2.52. The van der Waals surface area contributed by atoms with Crippen LogP contribution in [0.4, 0.5) is 13.2 Å². The Kier molecular flexibility index (Phi) is 3.64.